The minimum atomic E-state index is 0.0998. The fourth-order valence-electron chi connectivity index (χ4n) is 3.48. The molecule has 2 aromatic carbocycles. The molecule has 0 aliphatic rings. The van der Waals surface area contributed by atoms with E-state index in [-0.39, 0.29) is 5.78 Å². The molecule has 2 heterocycles. The summed E-state index contributed by atoms with van der Waals surface area (Å²) in [5.41, 5.74) is 6.16. The molecule has 4 aromatic rings. The SMILES string of the molecule is Cc1cc(C)c(C(=O)CSc2nnc(-c3cccnc3)n2Cc2ccccc2)cc1C. The smallest absolute Gasteiger partial charge is 0.192 e. The molecule has 0 saturated carbocycles. The number of carbonyl (C=O) groups is 1. The minimum Gasteiger partial charge on any atom is -0.297 e. The van der Waals surface area contributed by atoms with Crippen LogP contribution >= 0.6 is 11.8 Å². The second-order valence-electron chi connectivity index (χ2n) is 7.58. The van der Waals surface area contributed by atoms with Crippen molar-refractivity contribution in [2.45, 2.75) is 32.5 Å². The molecule has 31 heavy (non-hydrogen) atoms. The van der Waals surface area contributed by atoms with Gasteiger partial charge in [0.05, 0.1) is 12.3 Å². The number of Topliss-reactive ketones (excluding diaryl/α,β-unsaturated/α-hetero) is 1. The first-order valence-corrected chi connectivity index (χ1v) is 11.1. The summed E-state index contributed by atoms with van der Waals surface area (Å²) in [6, 6.07) is 18.1. The number of hydrogen-bond donors (Lipinski definition) is 0. The Morgan fingerprint density at radius 3 is 2.45 bits per heavy atom. The molecule has 5 nitrogen and oxygen atoms in total. The van der Waals surface area contributed by atoms with Gasteiger partial charge in [0.25, 0.3) is 0 Å². The predicted octanol–water partition coefficient (Wildman–Crippen LogP) is 5.29. The van der Waals surface area contributed by atoms with Gasteiger partial charge in [0, 0.05) is 23.5 Å². The van der Waals surface area contributed by atoms with E-state index >= 15 is 0 Å². The van der Waals surface area contributed by atoms with Crippen molar-refractivity contribution in [2.24, 2.45) is 0 Å². The fraction of sp³-hybridized carbons (Fsp3) is 0.200. The molecule has 0 unspecified atom stereocenters. The number of aryl methyl sites for hydroxylation is 3. The van der Waals surface area contributed by atoms with E-state index in [0.717, 1.165) is 38.8 Å². The lowest BCUT2D eigenvalue weighted by Crippen LogP contribution is -2.08. The van der Waals surface area contributed by atoms with Gasteiger partial charge in [0.2, 0.25) is 0 Å². The Labute approximate surface area is 186 Å². The average molecular weight is 429 g/mol. The van der Waals surface area contributed by atoms with Crippen LogP contribution in [0.3, 0.4) is 0 Å². The van der Waals surface area contributed by atoms with E-state index in [4.69, 9.17) is 0 Å². The zero-order valence-corrected chi connectivity index (χ0v) is 18.7. The summed E-state index contributed by atoms with van der Waals surface area (Å²) in [6.45, 7) is 6.72. The van der Waals surface area contributed by atoms with Crippen LogP contribution in [0.4, 0.5) is 0 Å². The lowest BCUT2D eigenvalue weighted by molar-refractivity contribution is 0.102. The lowest BCUT2D eigenvalue weighted by atomic mass is 9.99. The normalized spacial score (nSPS) is 10.9. The first-order chi connectivity index (χ1) is 15.0. The predicted molar refractivity (Wildman–Crippen MR) is 125 cm³/mol. The van der Waals surface area contributed by atoms with Crippen LogP contribution in [-0.2, 0) is 6.54 Å². The van der Waals surface area contributed by atoms with Gasteiger partial charge in [-0.3, -0.25) is 14.3 Å². The van der Waals surface area contributed by atoms with E-state index in [1.807, 2.05) is 50.2 Å². The number of aromatic nitrogens is 4. The molecular weight excluding hydrogens is 404 g/mol. The highest BCUT2D eigenvalue weighted by molar-refractivity contribution is 7.99. The third-order valence-electron chi connectivity index (χ3n) is 5.29. The number of ketones is 1. The fourth-order valence-corrected chi connectivity index (χ4v) is 4.30. The van der Waals surface area contributed by atoms with Crippen molar-refractivity contribution in [1.29, 1.82) is 0 Å². The van der Waals surface area contributed by atoms with E-state index in [9.17, 15) is 4.79 Å². The molecule has 0 saturated heterocycles. The molecule has 0 spiro atoms. The van der Waals surface area contributed by atoms with Gasteiger partial charge >= 0.3 is 0 Å². The average Bonchev–Trinajstić information content (AvgIpc) is 3.18. The summed E-state index contributed by atoms with van der Waals surface area (Å²) < 4.78 is 2.05. The second-order valence-corrected chi connectivity index (χ2v) is 8.53. The van der Waals surface area contributed by atoms with E-state index < -0.39 is 0 Å². The number of rotatable bonds is 7. The highest BCUT2D eigenvalue weighted by Gasteiger charge is 2.18. The van der Waals surface area contributed by atoms with Crippen LogP contribution in [0.25, 0.3) is 11.4 Å². The van der Waals surface area contributed by atoms with Gasteiger partial charge in [-0.05, 0) is 61.2 Å². The number of pyridine rings is 1. The van der Waals surface area contributed by atoms with Gasteiger partial charge in [-0.1, -0.05) is 48.2 Å². The standard InChI is InChI=1S/C25H24N4OS/c1-17-12-19(3)22(13-18(17)2)23(30)16-31-25-28-27-24(21-10-7-11-26-14-21)29(25)15-20-8-5-4-6-9-20/h4-14H,15-16H2,1-3H3. The van der Waals surface area contributed by atoms with Crippen molar-refractivity contribution >= 4 is 17.5 Å². The van der Waals surface area contributed by atoms with Crippen LogP contribution in [0.15, 0.2) is 72.1 Å². The third kappa shape index (κ3) is 4.75. The number of carbonyl (C=O) groups excluding carboxylic acids is 1. The molecule has 0 aliphatic carbocycles. The number of thioether (sulfide) groups is 1. The highest BCUT2D eigenvalue weighted by Crippen LogP contribution is 2.26. The zero-order chi connectivity index (χ0) is 21.8. The molecule has 0 N–H and O–H groups in total. The molecule has 6 heteroatoms. The first kappa shape index (κ1) is 21.0. The van der Waals surface area contributed by atoms with Crippen LogP contribution in [-0.4, -0.2) is 31.3 Å². The van der Waals surface area contributed by atoms with Crippen molar-refractivity contribution < 1.29 is 4.79 Å². The molecule has 156 valence electrons. The lowest BCUT2D eigenvalue weighted by Gasteiger charge is -2.11. The summed E-state index contributed by atoms with van der Waals surface area (Å²) >= 11 is 1.42. The van der Waals surface area contributed by atoms with Gasteiger partial charge in [0.15, 0.2) is 16.8 Å². The molecule has 4 rings (SSSR count). The number of hydrogen-bond acceptors (Lipinski definition) is 5. The summed E-state index contributed by atoms with van der Waals surface area (Å²) in [5.74, 6) is 1.15. The maximum absolute atomic E-state index is 13.0. The molecule has 0 aliphatic heterocycles. The van der Waals surface area contributed by atoms with Crippen molar-refractivity contribution in [3.05, 3.63) is 94.8 Å². The van der Waals surface area contributed by atoms with Crippen LogP contribution in [0.2, 0.25) is 0 Å². The van der Waals surface area contributed by atoms with Crippen LogP contribution in [0.1, 0.15) is 32.6 Å². The third-order valence-corrected chi connectivity index (χ3v) is 6.26. The molecule has 0 radical (unpaired) electrons. The Bertz CT molecular complexity index is 1200. The first-order valence-electron chi connectivity index (χ1n) is 10.1. The Morgan fingerprint density at radius 1 is 0.935 bits per heavy atom. The van der Waals surface area contributed by atoms with Gasteiger partial charge in [-0.2, -0.15) is 0 Å². The van der Waals surface area contributed by atoms with Gasteiger partial charge in [-0.15, -0.1) is 10.2 Å². The summed E-state index contributed by atoms with van der Waals surface area (Å²) in [4.78, 5) is 17.2. The Kier molecular flexibility index (Phi) is 6.28. The summed E-state index contributed by atoms with van der Waals surface area (Å²) in [6.07, 6.45) is 3.52. The maximum Gasteiger partial charge on any atom is 0.192 e. The minimum absolute atomic E-state index is 0.0998. The molecule has 0 atom stereocenters. The van der Waals surface area contributed by atoms with Gasteiger partial charge < -0.3 is 0 Å². The molecule has 0 fully saturated rings. The molecular formula is C25H24N4OS. The molecule has 2 aromatic heterocycles. The van der Waals surface area contributed by atoms with Crippen molar-refractivity contribution in [1.82, 2.24) is 19.7 Å². The van der Waals surface area contributed by atoms with Gasteiger partial charge in [-0.25, -0.2) is 0 Å². The monoisotopic (exact) mass is 428 g/mol. The summed E-state index contributed by atoms with van der Waals surface area (Å²) in [5, 5.41) is 9.54. The van der Waals surface area contributed by atoms with Crippen molar-refractivity contribution in [2.75, 3.05) is 5.75 Å². The van der Waals surface area contributed by atoms with Crippen LogP contribution in [0.5, 0.6) is 0 Å². The van der Waals surface area contributed by atoms with Crippen molar-refractivity contribution in [3.8, 4) is 11.4 Å². The Morgan fingerprint density at radius 2 is 1.71 bits per heavy atom. The largest absolute Gasteiger partial charge is 0.297 e. The van der Waals surface area contributed by atoms with Crippen LogP contribution < -0.4 is 0 Å². The molecule has 0 amide bonds. The highest BCUT2D eigenvalue weighted by atomic mass is 32.2. The Hall–Kier alpha value is -3.25. The van der Waals surface area contributed by atoms with E-state index in [1.54, 1.807) is 12.4 Å². The maximum atomic E-state index is 13.0. The van der Waals surface area contributed by atoms with E-state index in [2.05, 4.69) is 44.9 Å². The van der Waals surface area contributed by atoms with E-state index in [1.165, 1.54) is 17.3 Å². The zero-order valence-electron chi connectivity index (χ0n) is 17.9. The quantitative estimate of drug-likeness (QED) is 0.296. The number of nitrogens with zero attached hydrogens (tertiary/aromatic N) is 4. The topological polar surface area (TPSA) is 60.7 Å². The number of benzene rings is 2. The van der Waals surface area contributed by atoms with Crippen molar-refractivity contribution in [3.63, 3.8) is 0 Å². The van der Waals surface area contributed by atoms with Crippen LogP contribution in [0, 0.1) is 20.8 Å². The summed E-state index contributed by atoms with van der Waals surface area (Å²) in [7, 11) is 0. The van der Waals surface area contributed by atoms with E-state index in [0.29, 0.717) is 12.3 Å². The molecule has 0 bridgehead atoms. The van der Waals surface area contributed by atoms with Gasteiger partial charge in [0.1, 0.15) is 0 Å². The second kappa shape index (κ2) is 9.27. The Balaban J connectivity index is 1.61.